The van der Waals surface area contributed by atoms with Crippen LogP contribution in [0.4, 0.5) is 15.8 Å². The second-order valence-corrected chi connectivity index (χ2v) is 8.31. The topological polar surface area (TPSA) is 66.5 Å². The summed E-state index contributed by atoms with van der Waals surface area (Å²) in [5.41, 5.74) is 1.47. The van der Waals surface area contributed by atoms with E-state index in [1.54, 1.807) is 50.2 Å². The summed E-state index contributed by atoms with van der Waals surface area (Å²) >= 11 is 0. The molecule has 1 amide bonds. The van der Waals surface area contributed by atoms with Gasteiger partial charge in [-0.1, -0.05) is 30.3 Å². The Balaban J connectivity index is 1.89. The van der Waals surface area contributed by atoms with Crippen molar-refractivity contribution in [3.8, 4) is 0 Å². The smallest absolute Gasteiger partial charge is 0.264 e. The summed E-state index contributed by atoms with van der Waals surface area (Å²) in [6.45, 7) is 3.61. The van der Waals surface area contributed by atoms with Crippen molar-refractivity contribution in [2.75, 3.05) is 16.2 Å². The van der Waals surface area contributed by atoms with Crippen molar-refractivity contribution in [2.45, 2.75) is 18.7 Å². The van der Waals surface area contributed by atoms with Crippen LogP contribution in [0.3, 0.4) is 0 Å². The molecule has 0 unspecified atom stereocenters. The first-order valence-electron chi connectivity index (χ1n) is 9.08. The van der Waals surface area contributed by atoms with Crippen LogP contribution in [0.1, 0.15) is 22.8 Å². The summed E-state index contributed by atoms with van der Waals surface area (Å²) in [5.74, 6) is -0.950. The van der Waals surface area contributed by atoms with Gasteiger partial charge in [-0.05, 0) is 61.9 Å². The molecule has 0 radical (unpaired) electrons. The molecule has 29 heavy (non-hydrogen) atoms. The first kappa shape index (κ1) is 20.5. The van der Waals surface area contributed by atoms with Gasteiger partial charge in [-0.15, -0.1) is 0 Å². The molecule has 0 saturated heterocycles. The van der Waals surface area contributed by atoms with Gasteiger partial charge in [-0.2, -0.15) is 0 Å². The zero-order valence-electron chi connectivity index (χ0n) is 16.1. The van der Waals surface area contributed by atoms with E-state index >= 15 is 0 Å². The largest absolute Gasteiger partial charge is 0.322 e. The van der Waals surface area contributed by atoms with Crippen molar-refractivity contribution in [1.82, 2.24) is 0 Å². The molecule has 0 saturated carbocycles. The van der Waals surface area contributed by atoms with Crippen molar-refractivity contribution >= 4 is 27.3 Å². The predicted molar refractivity (Wildman–Crippen MR) is 112 cm³/mol. The standard InChI is InChI=1S/C22H21FN2O3S/c1-3-25(19-9-5-4-6-10-19)29(27,28)20-11-7-8-17(14-20)22(26)24-18-13-12-16(2)21(23)15-18/h4-15H,3H2,1-2H3,(H,24,26). The number of benzene rings is 3. The Labute approximate surface area is 169 Å². The minimum atomic E-state index is -3.85. The number of hydrogen-bond donors (Lipinski definition) is 1. The molecule has 0 bridgehead atoms. The third kappa shape index (κ3) is 4.46. The monoisotopic (exact) mass is 412 g/mol. The lowest BCUT2D eigenvalue weighted by Crippen LogP contribution is -2.30. The summed E-state index contributed by atoms with van der Waals surface area (Å²) < 4.78 is 41.2. The number of nitrogens with one attached hydrogen (secondary N) is 1. The average Bonchev–Trinajstić information content (AvgIpc) is 2.72. The number of anilines is 2. The summed E-state index contributed by atoms with van der Waals surface area (Å²) in [5, 5.41) is 2.59. The van der Waals surface area contributed by atoms with Gasteiger partial charge in [0.25, 0.3) is 15.9 Å². The van der Waals surface area contributed by atoms with Gasteiger partial charge in [0.2, 0.25) is 0 Å². The number of halogens is 1. The van der Waals surface area contributed by atoms with Gasteiger partial charge in [0.1, 0.15) is 5.82 Å². The van der Waals surface area contributed by atoms with E-state index in [9.17, 15) is 17.6 Å². The molecule has 1 N–H and O–H groups in total. The van der Waals surface area contributed by atoms with Crippen LogP contribution in [-0.2, 0) is 10.0 Å². The van der Waals surface area contributed by atoms with Crippen LogP contribution in [0, 0.1) is 12.7 Å². The fourth-order valence-electron chi connectivity index (χ4n) is 2.88. The van der Waals surface area contributed by atoms with Crippen LogP contribution in [0.15, 0.2) is 77.7 Å². The highest BCUT2D eigenvalue weighted by Gasteiger charge is 2.24. The number of sulfonamides is 1. The van der Waals surface area contributed by atoms with Crippen LogP contribution in [0.25, 0.3) is 0 Å². The molecule has 3 aromatic carbocycles. The molecule has 0 aromatic heterocycles. The number of rotatable bonds is 6. The van der Waals surface area contributed by atoms with Gasteiger partial charge in [-0.3, -0.25) is 9.10 Å². The molecule has 0 aliphatic heterocycles. The summed E-state index contributed by atoms with van der Waals surface area (Å²) in [7, 11) is -3.85. The third-order valence-electron chi connectivity index (χ3n) is 4.45. The predicted octanol–water partition coefficient (Wildman–Crippen LogP) is 4.60. The number of nitrogens with zero attached hydrogens (tertiary/aromatic N) is 1. The molecule has 7 heteroatoms. The van der Waals surface area contributed by atoms with E-state index in [2.05, 4.69) is 5.32 Å². The van der Waals surface area contributed by atoms with Crippen molar-refractivity contribution in [1.29, 1.82) is 0 Å². The van der Waals surface area contributed by atoms with Gasteiger partial charge < -0.3 is 5.32 Å². The zero-order chi connectivity index (χ0) is 21.0. The second kappa shape index (κ2) is 8.45. The van der Waals surface area contributed by atoms with Crippen LogP contribution in [0.2, 0.25) is 0 Å². The lowest BCUT2D eigenvalue weighted by Gasteiger charge is -2.23. The maximum absolute atomic E-state index is 13.7. The lowest BCUT2D eigenvalue weighted by molar-refractivity contribution is 0.102. The van der Waals surface area contributed by atoms with Gasteiger partial charge in [0.05, 0.1) is 10.6 Å². The summed E-state index contributed by atoms with van der Waals surface area (Å²) in [6, 6.07) is 18.9. The number of para-hydroxylation sites is 1. The highest BCUT2D eigenvalue weighted by molar-refractivity contribution is 7.92. The quantitative estimate of drug-likeness (QED) is 0.643. The molecular weight excluding hydrogens is 391 g/mol. The molecule has 0 aliphatic rings. The molecule has 3 rings (SSSR count). The van der Waals surface area contributed by atoms with Crippen LogP contribution >= 0.6 is 0 Å². The molecule has 150 valence electrons. The van der Waals surface area contributed by atoms with Gasteiger partial charge in [-0.25, -0.2) is 12.8 Å². The average molecular weight is 412 g/mol. The molecule has 3 aromatic rings. The Hall–Kier alpha value is -3.19. The highest BCUT2D eigenvalue weighted by Crippen LogP contribution is 2.24. The molecule has 0 fully saturated rings. The van der Waals surface area contributed by atoms with Crippen LogP contribution < -0.4 is 9.62 Å². The van der Waals surface area contributed by atoms with E-state index < -0.39 is 21.7 Å². The first-order valence-corrected chi connectivity index (χ1v) is 10.5. The SMILES string of the molecule is CCN(c1ccccc1)S(=O)(=O)c1cccc(C(=O)Nc2ccc(C)c(F)c2)c1. The van der Waals surface area contributed by atoms with Gasteiger partial charge >= 0.3 is 0 Å². The van der Waals surface area contributed by atoms with Gasteiger partial charge in [0.15, 0.2) is 0 Å². The Morgan fingerprint density at radius 2 is 1.72 bits per heavy atom. The van der Waals surface area contributed by atoms with E-state index in [4.69, 9.17) is 0 Å². The Morgan fingerprint density at radius 3 is 2.38 bits per heavy atom. The number of carbonyl (C=O) groups excluding carboxylic acids is 1. The summed E-state index contributed by atoms with van der Waals surface area (Å²) in [6.07, 6.45) is 0. The Bertz CT molecular complexity index is 1130. The zero-order valence-corrected chi connectivity index (χ0v) is 16.9. The maximum atomic E-state index is 13.7. The van der Waals surface area contributed by atoms with Crippen molar-refractivity contribution in [2.24, 2.45) is 0 Å². The number of aryl methyl sites for hydroxylation is 1. The molecule has 5 nitrogen and oxygen atoms in total. The van der Waals surface area contributed by atoms with Crippen LogP contribution in [-0.4, -0.2) is 20.9 Å². The van der Waals surface area contributed by atoms with Crippen molar-refractivity contribution in [3.05, 3.63) is 89.7 Å². The maximum Gasteiger partial charge on any atom is 0.264 e. The van der Waals surface area contributed by atoms with E-state index in [-0.39, 0.29) is 17.0 Å². The minimum Gasteiger partial charge on any atom is -0.322 e. The highest BCUT2D eigenvalue weighted by atomic mass is 32.2. The number of amides is 1. The van der Waals surface area contributed by atoms with Crippen molar-refractivity contribution in [3.63, 3.8) is 0 Å². The second-order valence-electron chi connectivity index (χ2n) is 6.45. The van der Waals surface area contributed by atoms with E-state index in [0.29, 0.717) is 16.9 Å². The molecule has 0 spiro atoms. The molecule has 0 heterocycles. The fraction of sp³-hybridized carbons (Fsp3) is 0.136. The number of carbonyl (C=O) groups is 1. The van der Waals surface area contributed by atoms with E-state index in [1.165, 1.54) is 34.6 Å². The van der Waals surface area contributed by atoms with Crippen LogP contribution in [0.5, 0.6) is 0 Å². The molecular formula is C22H21FN2O3S. The van der Waals surface area contributed by atoms with E-state index in [0.717, 1.165) is 0 Å². The Morgan fingerprint density at radius 1 is 1.00 bits per heavy atom. The fourth-order valence-corrected chi connectivity index (χ4v) is 4.40. The first-order chi connectivity index (χ1) is 13.8. The molecule has 0 aliphatic carbocycles. The van der Waals surface area contributed by atoms with Crippen molar-refractivity contribution < 1.29 is 17.6 Å². The third-order valence-corrected chi connectivity index (χ3v) is 6.34. The summed E-state index contributed by atoms with van der Waals surface area (Å²) in [4.78, 5) is 12.6. The normalized spacial score (nSPS) is 11.1. The minimum absolute atomic E-state index is 0.00550. The Kier molecular flexibility index (Phi) is 5.98. The lowest BCUT2D eigenvalue weighted by atomic mass is 10.2. The number of hydrogen-bond acceptors (Lipinski definition) is 3. The molecule has 0 atom stereocenters. The van der Waals surface area contributed by atoms with E-state index in [1.807, 2.05) is 6.07 Å². The van der Waals surface area contributed by atoms with Gasteiger partial charge in [0, 0.05) is 17.8 Å².